The molecule has 6 nitrogen and oxygen atoms in total. The second-order valence-electron chi connectivity index (χ2n) is 7.18. The molecule has 2 aromatic carbocycles. The Labute approximate surface area is 182 Å². The van der Waals surface area contributed by atoms with Crippen LogP contribution >= 0.6 is 11.6 Å². The second-order valence-corrected chi connectivity index (χ2v) is 7.62. The van der Waals surface area contributed by atoms with Crippen molar-refractivity contribution in [2.24, 2.45) is 0 Å². The van der Waals surface area contributed by atoms with E-state index in [0.29, 0.717) is 23.6 Å². The highest BCUT2D eigenvalue weighted by Crippen LogP contribution is 2.27. The number of nitrogens with zero attached hydrogens (tertiary/aromatic N) is 3. The van der Waals surface area contributed by atoms with Gasteiger partial charge in [-0.25, -0.2) is 4.68 Å². The lowest BCUT2D eigenvalue weighted by Gasteiger charge is -2.26. The van der Waals surface area contributed by atoms with E-state index in [-0.39, 0.29) is 11.9 Å². The fourth-order valence-electron chi connectivity index (χ4n) is 3.53. The quantitative estimate of drug-likeness (QED) is 0.588. The SMILES string of the molecule is CCc1c(C(=O)NCC(c2ccccc2OC)N(C)C)cnn1-c1cccc(Cl)c1. The molecule has 0 radical (unpaired) electrons. The van der Waals surface area contributed by atoms with Crippen molar-refractivity contribution >= 4 is 17.5 Å². The molecule has 1 N–H and O–H groups in total. The molecule has 0 saturated heterocycles. The monoisotopic (exact) mass is 426 g/mol. The minimum atomic E-state index is -0.151. The summed E-state index contributed by atoms with van der Waals surface area (Å²) in [5.41, 5.74) is 3.26. The summed E-state index contributed by atoms with van der Waals surface area (Å²) in [6, 6.07) is 15.3. The smallest absolute Gasteiger partial charge is 0.254 e. The molecular weight excluding hydrogens is 400 g/mol. The number of halogens is 1. The van der Waals surface area contributed by atoms with Crippen LogP contribution in [0.4, 0.5) is 0 Å². The van der Waals surface area contributed by atoms with Crippen molar-refractivity contribution in [3.8, 4) is 11.4 Å². The number of methoxy groups -OCH3 is 1. The molecule has 0 spiro atoms. The zero-order valence-corrected chi connectivity index (χ0v) is 18.5. The number of ether oxygens (including phenoxy) is 1. The highest BCUT2D eigenvalue weighted by molar-refractivity contribution is 6.30. The third-order valence-corrected chi connectivity index (χ3v) is 5.31. The summed E-state index contributed by atoms with van der Waals surface area (Å²) in [6.45, 7) is 2.45. The highest BCUT2D eigenvalue weighted by atomic mass is 35.5. The van der Waals surface area contributed by atoms with E-state index in [1.807, 2.05) is 69.6 Å². The van der Waals surface area contributed by atoms with Crippen LogP contribution in [0.1, 0.15) is 34.6 Å². The maximum absolute atomic E-state index is 13.0. The molecular formula is C23H27ClN4O2. The first-order valence-corrected chi connectivity index (χ1v) is 10.2. The van der Waals surface area contributed by atoms with Gasteiger partial charge in [-0.3, -0.25) is 4.79 Å². The Morgan fingerprint density at radius 1 is 1.23 bits per heavy atom. The number of rotatable bonds is 8. The Kier molecular flexibility index (Phi) is 7.13. The van der Waals surface area contributed by atoms with Crippen LogP contribution < -0.4 is 10.1 Å². The molecule has 1 aromatic heterocycles. The molecule has 0 aliphatic carbocycles. The summed E-state index contributed by atoms with van der Waals surface area (Å²) in [5, 5.41) is 8.13. The van der Waals surface area contributed by atoms with Crippen molar-refractivity contribution in [1.29, 1.82) is 0 Å². The van der Waals surface area contributed by atoms with Gasteiger partial charge in [0.05, 0.1) is 36.3 Å². The first-order valence-electron chi connectivity index (χ1n) is 9.86. The van der Waals surface area contributed by atoms with Crippen LogP contribution in [0.3, 0.4) is 0 Å². The zero-order valence-electron chi connectivity index (χ0n) is 17.7. The van der Waals surface area contributed by atoms with Crippen molar-refractivity contribution in [3.63, 3.8) is 0 Å². The lowest BCUT2D eigenvalue weighted by Crippen LogP contribution is -2.35. The van der Waals surface area contributed by atoms with E-state index in [4.69, 9.17) is 16.3 Å². The number of carbonyl (C=O) groups excluding carboxylic acids is 1. The van der Waals surface area contributed by atoms with Gasteiger partial charge >= 0.3 is 0 Å². The van der Waals surface area contributed by atoms with Gasteiger partial charge < -0.3 is 15.0 Å². The highest BCUT2D eigenvalue weighted by Gasteiger charge is 2.22. The predicted molar refractivity (Wildman–Crippen MR) is 120 cm³/mol. The molecule has 3 rings (SSSR count). The average molecular weight is 427 g/mol. The maximum Gasteiger partial charge on any atom is 0.254 e. The van der Waals surface area contributed by atoms with E-state index in [2.05, 4.69) is 15.3 Å². The Balaban J connectivity index is 1.82. The number of benzene rings is 2. The van der Waals surface area contributed by atoms with E-state index < -0.39 is 0 Å². The number of carbonyl (C=O) groups is 1. The number of likely N-dealkylation sites (N-methyl/N-ethyl adjacent to an activating group) is 1. The number of amides is 1. The van der Waals surface area contributed by atoms with Crippen molar-refractivity contribution in [1.82, 2.24) is 20.0 Å². The van der Waals surface area contributed by atoms with Crippen LogP contribution in [0.25, 0.3) is 5.69 Å². The van der Waals surface area contributed by atoms with Gasteiger partial charge in [0.25, 0.3) is 5.91 Å². The molecule has 0 aliphatic rings. The summed E-state index contributed by atoms with van der Waals surface area (Å²) in [5.74, 6) is 0.648. The van der Waals surface area contributed by atoms with Crippen LogP contribution in [0.2, 0.25) is 5.02 Å². The van der Waals surface area contributed by atoms with Crippen LogP contribution in [0, 0.1) is 0 Å². The average Bonchev–Trinajstić information content (AvgIpc) is 3.18. The molecule has 1 amide bonds. The van der Waals surface area contributed by atoms with Gasteiger partial charge in [0.2, 0.25) is 0 Å². The molecule has 3 aromatic rings. The van der Waals surface area contributed by atoms with Gasteiger partial charge in [0, 0.05) is 17.1 Å². The standard InChI is InChI=1S/C23H27ClN4O2/c1-5-20-19(14-26-28(20)17-10-8-9-16(24)13-17)23(29)25-15-21(27(2)3)18-11-6-7-12-22(18)30-4/h6-14,21H,5,15H2,1-4H3,(H,25,29). The van der Waals surface area contributed by atoms with Crippen molar-refractivity contribution < 1.29 is 9.53 Å². The molecule has 1 atom stereocenters. The fraction of sp³-hybridized carbons (Fsp3) is 0.304. The van der Waals surface area contributed by atoms with Crippen molar-refractivity contribution in [3.05, 3.63) is 76.6 Å². The summed E-state index contributed by atoms with van der Waals surface area (Å²) < 4.78 is 7.27. The molecule has 0 bridgehead atoms. The third-order valence-electron chi connectivity index (χ3n) is 5.08. The van der Waals surface area contributed by atoms with Gasteiger partial charge in [-0.05, 0) is 44.8 Å². The Morgan fingerprint density at radius 2 is 2.00 bits per heavy atom. The zero-order chi connectivity index (χ0) is 21.7. The fourth-order valence-corrected chi connectivity index (χ4v) is 3.72. The van der Waals surface area contributed by atoms with Gasteiger partial charge in [-0.15, -0.1) is 0 Å². The van der Waals surface area contributed by atoms with Crippen LogP contribution in [-0.2, 0) is 6.42 Å². The van der Waals surface area contributed by atoms with Crippen LogP contribution in [0.15, 0.2) is 54.7 Å². The topological polar surface area (TPSA) is 59.4 Å². The summed E-state index contributed by atoms with van der Waals surface area (Å²) in [4.78, 5) is 15.1. The van der Waals surface area contributed by atoms with E-state index in [0.717, 1.165) is 22.7 Å². The first-order chi connectivity index (χ1) is 14.5. The Morgan fingerprint density at radius 3 is 2.67 bits per heavy atom. The Hall–Kier alpha value is -2.83. The molecule has 1 heterocycles. The number of nitrogens with one attached hydrogen (secondary N) is 1. The Bertz CT molecular complexity index is 1020. The van der Waals surface area contributed by atoms with Crippen molar-refractivity contribution in [2.45, 2.75) is 19.4 Å². The lowest BCUT2D eigenvalue weighted by molar-refractivity contribution is 0.0940. The normalized spacial score (nSPS) is 12.1. The minimum absolute atomic E-state index is 0.0295. The van der Waals surface area contributed by atoms with E-state index in [9.17, 15) is 4.79 Å². The largest absolute Gasteiger partial charge is 0.496 e. The van der Waals surface area contributed by atoms with Crippen molar-refractivity contribution in [2.75, 3.05) is 27.7 Å². The van der Waals surface area contributed by atoms with Crippen LogP contribution in [0.5, 0.6) is 5.75 Å². The van der Waals surface area contributed by atoms with Gasteiger partial charge in [0.1, 0.15) is 5.75 Å². The van der Waals surface area contributed by atoms with Crippen LogP contribution in [-0.4, -0.2) is 48.3 Å². The third kappa shape index (κ3) is 4.66. The molecule has 158 valence electrons. The molecule has 1 unspecified atom stereocenters. The number of hydrogen-bond acceptors (Lipinski definition) is 4. The lowest BCUT2D eigenvalue weighted by atomic mass is 10.0. The molecule has 30 heavy (non-hydrogen) atoms. The number of hydrogen-bond donors (Lipinski definition) is 1. The second kappa shape index (κ2) is 9.78. The van der Waals surface area contributed by atoms with Gasteiger partial charge in [0.15, 0.2) is 0 Å². The van der Waals surface area contributed by atoms with E-state index in [1.54, 1.807) is 18.0 Å². The number of para-hydroxylation sites is 1. The molecule has 0 fully saturated rings. The number of aromatic nitrogens is 2. The molecule has 0 saturated carbocycles. The van der Waals surface area contributed by atoms with Gasteiger partial charge in [-0.2, -0.15) is 5.10 Å². The summed E-state index contributed by atoms with van der Waals surface area (Å²) >= 11 is 6.12. The van der Waals surface area contributed by atoms with Gasteiger partial charge in [-0.1, -0.05) is 42.8 Å². The first kappa shape index (κ1) is 21.9. The summed E-state index contributed by atoms with van der Waals surface area (Å²) in [7, 11) is 5.62. The maximum atomic E-state index is 13.0. The van der Waals surface area contributed by atoms with E-state index in [1.165, 1.54) is 0 Å². The molecule has 0 aliphatic heterocycles. The summed E-state index contributed by atoms with van der Waals surface area (Å²) in [6.07, 6.45) is 2.28. The minimum Gasteiger partial charge on any atom is -0.496 e. The molecule has 7 heteroatoms. The predicted octanol–water partition coefficient (Wildman–Crippen LogP) is 4.13. The van der Waals surface area contributed by atoms with E-state index >= 15 is 0 Å².